The number of nitrogens with two attached hydrogens (primary N) is 1. The van der Waals surface area contributed by atoms with Crippen LogP contribution in [0.25, 0.3) is 16.9 Å². The van der Waals surface area contributed by atoms with Crippen LogP contribution < -0.4 is 26.2 Å². The molecule has 0 spiro atoms. The molecule has 0 atom stereocenters. The topological polar surface area (TPSA) is 173 Å². The summed E-state index contributed by atoms with van der Waals surface area (Å²) in [5.41, 5.74) is 8.10. The highest BCUT2D eigenvalue weighted by molar-refractivity contribution is 5.96. The van der Waals surface area contributed by atoms with Crippen LogP contribution in [-0.4, -0.2) is 91.2 Å². The average Bonchev–Trinajstić information content (AvgIpc) is 3.44. The van der Waals surface area contributed by atoms with Gasteiger partial charge in [0.05, 0.1) is 46.3 Å². The number of methoxy groups -OCH3 is 1. The number of carboxylic acid groups (broad SMARTS) is 1. The van der Waals surface area contributed by atoms with E-state index in [0.29, 0.717) is 65.6 Å². The number of quaternary nitrogens is 1. The van der Waals surface area contributed by atoms with Crippen molar-refractivity contribution in [2.75, 3.05) is 59.4 Å². The Kier molecular flexibility index (Phi) is 12.5. The van der Waals surface area contributed by atoms with Gasteiger partial charge < -0.3 is 40.2 Å². The van der Waals surface area contributed by atoms with Gasteiger partial charge in [0.25, 0.3) is 11.8 Å². The van der Waals surface area contributed by atoms with Crippen LogP contribution in [0, 0.1) is 11.6 Å². The van der Waals surface area contributed by atoms with E-state index in [1.54, 1.807) is 22.7 Å². The second-order valence-corrected chi connectivity index (χ2v) is 10.7. The van der Waals surface area contributed by atoms with E-state index >= 15 is 0 Å². The van der Waals surface area contributed by atoms with E-state index in [2.05, 4.69) is 20.6 Å². The van der Waals surface area contributed by atoms with Gasteiger partial charge in [0, 0.05) is 42.2 Å². The lowest BCUT2D eigenvalue weighted by molar-refractivity contribution is -0.882. The fourth-order valence-electron chi connectivity index (χ4n) is 4.66. The maximum Gasteiger partial charge on any atom is 0.272 e. The number of hydrogen-bond acceptors (Lipinski definition) is 9. The fraction of sp³-hybridized carbons (Fsp3) is 0.323. The zero-order valence-corrected chi connectivity index (χ0v) is 26.0. The molecule has 2 aromatic carbocycles. The molecule has 0 radical (unpaired) electrons. The molecule has 4 N–H and O–H groups in total. The molecule has 0 aliphatic carbocycles. The monoisotopic (exact) mass is 641 g/mol. The summed E-state index contributed by atoms with van der Waals surface area (Å²) in [6, 6.07) is 8.14. The van der Waals surface area contributed by atoms with Gasteiger partial charge in [-0.25, -0.2) is 14.4 Å². The van der Waals surface area contributed by atoms with Crippen molar-refractivity contribution >= 4 is 35.4 Å². The summed E-state index contributed by atoms with van der Waals surface area (Å²) in [5.74, 6) is -2.49. The lowest BCUT2D eigenvalue weighted by atomic mass is 10.0. The van der Waals surface area contributed by atoms with Crippen LogP contribution in [-0.2, 0) is 20.7 Å². The Morgan fingerprint density at radius 1 is 1.13 bits per heavy atom. The molecular weight excluding hydrogens is 604 g/mol. The first-order valence-corrected chi connectivity index (χ1v) is 14.2. The number of likely N-dealkylation sites (N-methyl/N-ethyl adjacent to an activating group) is 1. The summed E-state index contributed by atoms with van der Waals surface area (Å²) >= 11 is 0. The normalized spacial score (nSPS) is 11.0. The molecule has 0 bridgehead atoms. The number of benzene rings is 2. The smallest absolute Gasteiger partial charge is 0.272 e. The number of aromatic nitrogens is 3. The molecule has 0 aliphatic rings. The molecule has 13 nitrogen and oxygen atoms in total. The highest BCUT2D eigenvalue weighted by Crippen LogP contribution is 2.31. The van der Waals surface area contributed by atoms with Crippen LogP contribution in [0.4, 0.5) is 20.3 Å². The first kappa shape index (κ1) is 35.3. The number of nitrogens with zero attached hydrogens (tertiary/aromatic N) is 4. The number of carbonyl (C=O) groups is 3. The molecule has 246 valence electrons. The van der Waals surface area contributed by atoms with Crippen molar-refractivity contribution in [3.8, 4) is 17.0 Å². The van der Waals surface area contributed by atoms with Crippen molar-refractivity contribution in [1.29, 1.82) is 0 Å². The molecule has 0 fully saturated rings. The minimum Gasteiger partial charge on any atom is -0.554 e. The van der Waals surface area contributed by atoms with Crippen LogP contribution in [0.2, 0.25) is 0 Å². The van der Waals surface area contributed by atoms with Crippen LogP contribution in [0.3, 0.4) is 0 Å². The van der Waals surface area contributed by atoms with Gasteiger partial charge in [-0.1, -0.05) is 6.92 Å². The summed E-state index contributed by atoms with van der Waals surface area (Å²) in [5, 5.41) is 14.3. The van der Waals surface area contributed by atoms with Crippen molar-refractivity contribution in [3.63, 3.8) is 0 Å². The van der Waals surface area contributed by atoms with Gasteiger partial charge in [0.1, 0.15) is 6.54 Å². The molecule has 0 unspecified atom stereocenters. The van der Waals surface area contributed by atoms with Crippen molar-refractivity contribution < 1.29 is 42.2 Å². The summed E-state index contributed by atoms with van der Waals surface area (Å²) in [6.07, 6.45) is 5.19. The van der Waals surface area contributed by atoms with E-state index in [0.717, 1.165) is 5.56 Å². The molecule has 0 saturated carbocycles. The number of nitrogens with one attached hydrogen (secondary N) is 2. The highest BCUT2D eigenvalue weighted by Gasteiger charge is 2.20. The molecule has 2 heterocycles. The van der Waals surface area contributed by atoms with E-state index in [9.17, 15) is 18.4 Å². The molecule has 2 aromatic heterocycles. The SMILES string of the molecule is CCc1cc(Nc2nccn3c(-c4ccc(OC)c(F)c4F)cnc23)ccc1C(=O)NCCOCC[N+](C)(C)CC(N)=O.O=C[O-]. The van der Waals surface area contributed by atoms with Gasteiger partial charge >= 0.3 is 0 Å². The van der Waals surface area contributed by atoms with Gasteiger partial charge in [-0.2, -0.15) is 4.39 Å². The van der Waals surface area contributed by atoms with Crippen molar-refractivity contribution in [2.24, 2.45) is 5.73 Å². The zero-order valence-electron chi connectivity index (χ0n) is 26.0. The molecular formula is C31H37F2N7O6. The van der Waals surface area contributed by atoms with Crippen LogP contribution in [0.1, 0.15) is 22.8 Å². The number of halogens is 2. The molecule has 0 aliphatic heterocycles. The first-order valence-electron chi connectivity index (χ1n) is 14.2. The average molecular weight is 642 g/mol. The maximum atomic E-state index is 14.8. The zero-order chi connectivity index (χ0) is 33.9. The molecule has 15 heteroatoms. The summed E-state index contributed by atoms with van der Waals surface area (Å²) in [4.78, 5) is 41.1. The Balaban J connectivity index is 0.00000185. The second kappa shape index (κ2) is 16.2. The van der Waals surface area contributed by atoms with Gasteiger partial charge in [0.15, 0.2) is 29.6 Å². The molecule has 4 aromatic rings. The number of primary amides is 1. The largest absolute Gasteiger partial charge is 0.554 e. The fourth-order valence-corrected chi connectivity index (χ4v) is 4.66. The number of ether oxygens (including phenoxy) is 2. The number of rotatable bonds is 14. The van der Waals surface area contributed by atoms with Gasteiger partial charge in [-0.3, -0.25) is 14.0 Å². The summed E-state index contributed by atoms with van der Waals surface area (Å²) in [7, 11) is 5.07. The van der Waals surface area contributed by atoms with Gasteiger partial charge in [-0.15, -0.1) is 0 Å². The van der Waals surface area contributed by atoms with Gasteiger partial charge in [0.2, 0.25) is 5.82 Å². The molecule has 4 rings (SSSR count). The summed E-state index contributed by atoms with van der Waals surface area (Å²) in [6.45, 7) is 3.39. The third-order valence-corrected chi connectivity index (χ3v) is 6.92. The van der Waals surface area contributed by atoms with Crippen LogP contribution in [0.5, 0.6) is 5.75 Å². The van der Waals surface area contributed by atoms with Crippen molar-refractivity contribution in [1.82, 2.24) is 19.7 Å². The summed E-state index contributed by atoms with van der Waals surface area (Å²) < 4.78 is 41.7. The molecule has 2 amide bonds. The lowest BCUT2D eigenvalue weighted by Gasteiger charge is -2.27. The quantitative estimate of drug-likeness (QED) is 0.105. The number of carbonyl (C=O) groups excluding carboxylic acids is 3. The van der Waals surface area contributed by atoms with Crippen molar-refractivity contribution in [2.45, 2.75) is 13.3 Å². The predicted octanol–water partition coefficient (Wildman–Crippen LogP) is 1.66. The predicted molar refractivity (Wildman–Crippen MR) is 164 cm³/mol. The number of aryl methyl sites for hydroxylation is 1. The first-order chi connectivity index (χ1) is 22.0. The van der Waals surface area contributed by atoms with E-state index in [1.165, 1.54) is 31.6 Å². The van der Waals surface area contributed by atoms with E-state index in [4.69, 9.17) is 25.1 Å². The van der Waals surface area contributed by atoms with E-state index in [1.807, 2.05) is 27.1 Å². The van der Waals surface area contributed by atoms with Crippen LogP contribution >= 0.6 is 0 Å². The Hall–Kier alpha value is -5.15. The van der Waals surface area contributed by atoms with Crippen LogP contribution in [0.15, 0.2) is 48.9 Å². The number of amides is 2. The maximum absolute atomic E-state index is 14.8. The Morgan fingerprint density at radius 2 is 1.87 bits per heavy atom. The number of imidazole rings is 1. The third-order valence-electron chi connectivity index (χ3n) is 6.92. The Bertz CT molecular complexity index is 1680. The number of fused-ring (bicyclic) bond motifs is 1. The Morgan fingerprint density at radius 3 is 2.54 bits per heavy atom. The standard InChI is InChI=1S/C30H35F2N7O4.CH2O2/c1-5-19-16-20(6-7-21(19)30(41)35-11-14-43-15-13-39(2,3)18-25(33)40)37-28-29-36-17-23(38(29)12-10-34-28)22-8-9-24(42-4)27(32)26(22)31;2-1-3/h6-10,12,16-17H,5,11,13-15,18H2,1-4H3,(H3-,33,34,35,37,40,41);1H,(H,2,3). The minimum atomic E-state index is -1.08. The lowest BCUT2D eigenvalue weighted by Crippen LogP contribution is -2.48. The molecule has 0 saturated heterocycles. The van der Waals surface area contributed by atoms with Gasteiger partial charge in [-0.05, 0) is 42.3 Å². The van der Waals surface area contributed by atoms with E-state index in [-0.39, 0.29) is 29.7 Å². The highest BCUT2D eigenvalue weighted by atomic mass is 19.2. The second-order valence-electron chi connectivity index (χ2n) is 10.7. The van der Waals surface area contributed by atoms with Crippen molar-refractivity contribution in [3.05, 3.63) is 71.7 Å². The third kappa shape index (κ3) is 8.95. The number of anilines is 2. The molecule has 46 heavy (non-hydrogen) atoms. The number of hydrogen-bond donors (Lipinski definition) is 3. The Labute approximate surface area is 264 Å². The minimum absolute atomic E-state index is 0.0306. The van der Waals surface area contributed by atoms with E-state index < -0.39 is 18.1 Å².